The van der Waals surface area contributed by atoms with Crippen molar-refractivity contribution >= 4 is 23.1 Å². The van der Waals surface area contributed by atoms with Crippen LogP contribution < -0.4 is 15.8 Å². The predicted molar refractivity (Wildman–Crippen MR) is 125 cm³/mol. The van der Waals surface area contributed by atoms with Crippen molar-refractivity contribution in [1.82, 2.24) is 24.8 Å². The number of nitrogens with two attached hydrogens (primary N) is 1. The summed E-state index contributed by atoms with van der Waals surface area (Å²) in [5.74, 6) is -3.16. The van der Waals surface area contributed by atoms with Crippen LogP contribution in [0.1, 0.15) is 28.8 Å². The van der Waals surface area contributed by atoms with E-state index in [4.69, 9.17) is 10.5 Å². The van der Waals surface area contributed by atoms with Crippen LogP contribution >= 0.6 is 0 Å². The Bertz CT molecular complexity index is 1520. The molecule has 17 heteroatoms. The molecule has 9 nitrogen and oxygen atoms in total. The van der Waals surface area contributed by atoms with Gasteiger partial charge in [-0.15, -0.1) is 0 Å². The fraction of sp³-hybridized carbons (Fsp3) is 0.417. The predicted octanol–water partition coefficient (Wildman–Crippen LogP) is 3.72. The maximum Gasteiger partial charge on any atom is 0.422 e. The lowest BCUT2D eigenvalue weighted by Gasteiger charge is -2.19. The van der Waals surface area contributed by atoms with Gasteiger partial charge in [0.15, 0.2) is 18.1 Å². The van der Waals surface area contributed by atoms with Crippen LogP contribution in [0.3, 0.4) is 0 Å². The number of fused-ring (bicyclic) bond motifs is 1. The molecule has 0 bridgehead atoms. The average Bonchev–Trinajstić information content (AvgIpc) is 3.34. The van der Waals surface area contributed by atoms with Gasteiger partial charge in [0.1, 0.15) is 23.8 Å². The molecule has 1 aliphatic carbocycles. The number of aromatic nitrogens is 3. The van der Waals surface area contributed by atoms with Gasteiger partial charge in [-0.3, -0.25) is 9.59 Å². The molecule has 3 N–H and O–H groups in total. The number of anilines is 1. The van der Waals surface area contributed by atoms with E-state index >= 15 is 0 Å². The standard InChI is InChI=1S/C24H20F8N6O3/c25-14-7-37(21(40)22(26)3-4-22)8-15(14)36-20(39)12-5-11(1-2-17(12)41-9-23(27,28)29)16-6-13(24(30,31)32)18-19(33)34-10-35-38(16)18/h1-2,5-6,10,14-15H,3-4,7-9H2,(H,36,39)(H2,33,34,35)/t14-,15+/m0/s1. The number of nitrogens with zero attached hydrogens (tertiary/aromatic N) is 4. The first-order valence-electron chi connectivity index (χ1n) is 12.0. The third-order valence-corrected chi connectivity index (χ3v) is 6.72. The highest BCUT2D eigenvalue weighted by Gasteiger charge is 2.54. The number of hydrogen-bond donors (Lipinski definition) is 2. The number of amides is 2. The van der Waals surface area contributed by atoms with E-state index in [1.54, 1.807) is 0 Å². The van der Waals surface area contributed by atoms with E-state index in [0.29, 0.717) is 6.07 Å². The van der Waals surface area contributed by atoms with Crippen molar-refractivity contribution in [2.24, 2.45) is 0 Å². The van der Waals surface area contributed by atoms with E-state index in [1.807, 2.05) is 0 Å². The molecule has 0 radical (unpaired) electrons. The number of benzene rings is 1. The Kier molecular flexibility index (Phi) is 6.73. The molecule has 5 rings (SSSR count). The summed E-state index contributed by atoms with van der Waals surface area (Å²) in [7, 11) is 0. The molecule has 1 aromatic carbocycles. The minimum Gasteiger partial charge on any atom is -0.483 e. The van der Waals surface area contributed by atoms with E-state index < -0.39 is 90.0 Å². The summed E-state index contributed by atoms with van der Waals surface area (Å²) in [4.78, 5) is 29.9. The van der Waals surface area contributed by atoms with E-state index in [-0.39, 0.29) is 24.1 Å². The number of likely N-dealkylation sites (tertiary alicyclic amines) is 1. The lowest BCUT2D eigenvalue weighted by atomic mass is 10.1. The Hall–Kier alpha value is -4.18. The molecule has 2 amide bonds. The van der Waals surface area contributed by atoms with E-state index in [0.717, 1.165) is 33.9 Å². The van der Waals surface area contributed by atoms with Crippen LogP contribution in [0.25, 0.3) is 16.8 Å². The number of rotatable bonds is 6. The molecule has 3 heterocycles. The van der Waals surface area contributed by atoms with Gasteiger partial charge in [0.05, 0.1) is 29.4 Å². The molecule has 1 aliphatic heterocycles. The van der Waals surface area contributed by atoms with Crippen LogP contribution in [0, 0.1) is 0 Å². The van der Waals surface area contributed by atoms with E-state index in [1.165, 1.54) is 0 Å². The van der Waals surface area contributed by atoms with Crippen LogP contribution in [-0.2, 0) is 11.0 Å². The van der Waals surface area contributed by atoms with Crippen molar-refractivity contribution in [1.29, 1.82) is 0 Å². The van der Waals surface area contributed by atoms with Gasteiger partial charge in [-0.1, -0.05) is 0 Å². The molecule has 41 heavy (non-hydrogen) atoms. The van der Waals surface area contributed by atoms with Crippen LogP contribution in [0.15, 0.2) is 30.6 Å². The third kappa shape index (κ3) is 5.56. The van der Waals surface area contributed by atoms with Crippen molar-refractivity contribution in [2.45, 2.75) is 43.1 Å². The van der Waals surface area contributed by atoms with E-state index in [9.17, 15) is 44.7 Å². The summed E-state index contributed by atoms with van der Waals surface area (Å²) >= 11 is 0. The van der Waals surface area contributed by atoms with Crippen molar-refractivity contribution in [3.63, 3.8) is 0 Å². The number of nitrogens with one attached hydrogen (secondary N) is 1. The highest BCUT2D eigenvalue weighted by atomic mass is 19.4. The Morgan fingerprint density at radius 2 is 1.83 bits per heavy atom. The average molecular weight is 592 g/mol. The number of hydrogen-bond acceptors (Lipinski definition) is 6. The lowest BCUT2D eigenvalue weighted by molar-refractivity contribution is -0.153. The Balaban J connectivity index is 1.50. The molecule has 3 aromatic rings. The zero-order chi connectivity index (χ0) is 29.9. The second-order valence-electron chi connectivity index (χ2n) is 9.73. The van der Waals surface area contributed by atoms with Gasteiger partial charge in [0.2, 0.25) is 0 Å². The number of nitrogen functional groups attached to an aromatic ring is 1. The van der Waals surface area contributed by atoms with Crippen molar-refractivity contribution in [3.8, 4) is 17.0 Å². The maximum atomic E-state index is 14.7. The molecular weight excluding hydrogens is 572 g/mol. The SMILES string of the molecule is Nc1ncnn2c(-c3ccc(OCC(F)(F)F)c(C(=O)N[C@@H]4CN(C(=O)C5(F)CC5)C[C@@H]4F)c3)cc(C(F)(F)F)c12. The van der Waals surface area contributed by atoms with Gasteiger partial charge in [0.25, 0.3) is 11.8 Å². The molecular formula is C24H20F8N6O3. The van der Waals surface area contributed by atoms with Gasteiger partial charge in [0, 0.05) is 12.1 Å². The molecule has 0 spiro atoms. The minimum absolute atomic E-state index is 0.00987. The number of carbonyl (C=O) groups excluding carboxylic acids is 2. The topological polar surface area (TPSA) is 115 Å². The van der Waals surface area contributed by atoms with Gasteiger partial charge in [-0.05, 0) is 37.1 Å². The first kappa shape index (κ1) is 28.4. The van der Waals surface area contributed by atoms with Crippen LogP contribution in [0.2, 0.25) is 0 Å². The molecule has 1 saturated heterocycles. The fourth-order valence-electron chi connectivity index (χ4n) is 4.56. The summed E-state index contributed by atoms with van der Waals surface area (Å²) in [6.45, 7) is -2.71. The third-order valence-electron chi connectivity index (χ3n) is 6.72. The largest absolute Gasteiger partial charge is 0.483 e. The number of carbonyl (C=O) groups is 2. The summed E-state index contributed by atoms with van der Waals surface area (Å²) in [5.41, 5.74) is 0.865. The van der Waals surface area contributed by atoms with Gasteiger partial charge < -0.3 is 20.7 Å². The monoisotopic (exact) mass is 592 g/mol. The second kappa shape index (κ2) is 9.73. The smallest absolute Gasteiger partial charge is 0.422 e. The summed E-state index contributed by atoms with van der Waals surface area (Å²) in [6.07, 6.45) is -10.6. The molecule has 220 valence electrons. The molecule has 2 atom stereocenters. The Morgan fingerprint density at radius 3 is 2.46 bits per heavy atom. The Morgan fingerprint density at radius 1 is 1.12 bits per heavy atom. The molecule has 2 aliphatic rings. The van der Waals surface area contributed by atoms with Gasteiger partial charge >= 0.3 is 12.4 Å². The first-order chi connectivity index (χ1) is 19.1. The van der Waals surface area contributed by atoms with Crippen molar-refractivity contribution < 1.29 is 49.4 Å². The summed E-state index contributed by atoms with van der Waals surface area (Å²) in [6, 6.07) is 2.33. The summed E-state index contributed by atoms with van der Waals surface area (Å²) < 4.78 is 114. The minimum atomic E-state index is -4.89. The Labute approximate surface area is 225 Å². The fourth-order valence-corrected chi connectivity index (χ4v) is 4.56. The molecule has 1 saturated carbocycles. The van der Waals surface area contributed by atoms with Crippen molar-refractivity contribution in [3.05, 3.63) is 41.7 Å². The zero-order valence-electron chi connectivity index (χ0n) is 20.7. The van der Waals surface area contributed by atoms with Crippen LogP contribution in [0.5, 0.6) is 5.75 Å². The molecule has 0 unspecified atom stereocenters. The number of halogens is 8. The lowest BCUT2D eigenvalue weighted by Crippen LogP contribution is -2.43. The highest BCUT2D eigenvalue weighted by Crippen LogP contribution is 2.42. The maximum absolute atomic E-state index is 14.7. The summed E-state index contributed by atoms with van der Waals surface area (Å²) in [5, 5.41) is 6.06. The molecule has 2 fully saturated rings. The molecule has 2 aromatic heterocycles. The van der Waals surface area contributed by atoms with E-state index in [2.05, 4.69) is 15.4 Å². The highest BCUT2D eigenvalue weighted by molar-refractivity contribution is 5.99. The quantitative estimate of drug-likeness (QED) is 0.422. The zero-order valence-corrected chi connectivity index (χ0v) is 20.7. The van der Waals surface area contributed by atoms with Crippen molar-refractivity contribution in [2.75, 3.05) is 25.4 Å². The number of alkyl halides is 8. The van der Waals surface area contributed by atoms with Crippen LogP contribution in [-0.4, -0.2) is 75.1 Å². The first-order valence-corrected chi connectivity index (χ1v) is 12.0. The van der Waals surface area contributed by atoms with Gasteiger partial charge in [-0.25, -0.2) is 18.3 Å². The normalized spacial score (nSPS) is 20.3. The second-order valence-corrected chi connectivity index (χ2v) is 9.73. The van der Waals surface area contributed by atoms with Gasteiger partial charge in [-0.2, -0.15) is 31.4 Å². The van der Waals surface area contributed by atoms with Crippen LogP contribution in [0.4, 0.5) is 40.9 Å². The number of ether oxygens (including phenoxy) is 1.